The van der Waals surface area contributed by atoms with Gasteiger partial charge in [-0.15, -0.1) is 0 Å². The molecule has 2 amide bonds. The summed E-state index contributed by atoms with van der Waals surface area (Å²) in [6.07, 6.45) is 2.43. The van der Waals surface area contributed by atoms with Gasteiger partial charge in [0.2, 0.25) is 5.91 Å². The van der Waals surface area contributed by atoms with Crippen LogP contribution in [0.1, 0.15) is 15.9 Å². The lowest BCUT2D eigenvalue weighted by Crippen LogP contribution is -2.55. The first-order chi connectivity index (χ1) is 14.6. The van der Waals surface area contributed by atoms with Crippen LogP contribution in [0, 0.1) is 5.92 Å². The lowest BCUT2D eigenvalue weighted by Gasteiger charge is -2.38. The van der Waals surface area contributed by atoms with Crippen molar-refractivity contribution in [2.24, 2.45) is 5.92 Å². The van der Waals surface area contributed by atoms with E-state index in [0.29, 0.717) is 43.1 Å². The predicted octanol–water partition coefficient (Wildman–Crippen LogP) is 2.62. The molecule has 1 fully saturated rings. The normalized spacial score (nSPS) is 13.7. The third-order valence-corrected chi connectivity index (χ3v) is 5.52. The molecule has 0 bridgehead atoms. The van der Waals surface area contributed by atoms with Gasteiger partial charge in [-0.3, -0.25) is 9.59 Å². The Morgan fingerprint density at radius 2 is 1.87 bits per heavy atom. The van der Waals surface area contributed by atoms with Gasteiger partial charge in [-0.25, -0.2) is 0 Å². The van der Waals surface area contributed by atoms with Gasteiger partial charge < -0.3 is 24.7 Å². The van der Waals surface area contributed by atoms with Crippen molar-refractivity contribution in [3.05, 3.63) is 59.8 Å². The number of methoxy groups -OCH3 is 2. The van der Waals surface area contributed by atoms with Crippen LogP contribution in [0.25, 0.3) is 10.9 Å². The molecule has 7 heteroatoms. The first-order valence-corrected chi connectivity index (χ1v) is 9.94. The van der Waals surface area contributed by atoms with Crippen LogP contribution >= 0.6 is 0 Å². The van der Waals surface area contributed by atoms with E-state index < -0.39 is 0 Å². The fraction of sp³-hybridized carbons (Fsp3) is 0.304. The van der Waals surface area contributed by atoms with Crippen molar-refractivity contribution in [3.63, 3.8) is 0 Å². The second-order valence-electron chi connectivity index (χ2n) is 7.39. The largest absolute Gasteiger partial charge is 0.493 e. The molecule has 0 unspecified atom stereocenters. The number of hydrogen-bond acceptors (Lipinski definition) is 4. The molecule has 0 aliphatic carbocycles. The van der Waals surface area contributed by atoms with E-state index in [9.17, 15) is 9.59 Å². The minimum atomic E-state index is -0.162. The zero-order chi connectivity index (χ0) is 21.1. The van der Waals surface area contributed by atoms with Crippen LogP contribution in [0.5, 0.6) is 11.5 Å². The molecule has 0 spiro atoms. The van der Waals surface area contributed by atoms with Crippen molar-refractivity contribution in [3.8, 4) is 11.5 Å². The predicted molar refractivity (Wildman–Crippen MR) is 114 cm³/mol. The zero-order valence-corrected chi connectivity index (χ0v) is 17.1. The molecule has 156 valence electrons. The highest BCUT2D eigenvalue weighted by Crippen LogP contribution is 2.28. The van der Waals surface area contributed by atoms with Gasteiger partial charge in [0.1, 0.15) is 0 Å². The first-order valence-electron chi connectivity index (χ1n) is 9.94. The Balaban J connectivity index is 1.26. The Labute approximate surface area is 175 Å². The SMILES string of the molecule is COc1ccc(CCNC(=O)C2CN(C(=O)c3c[nH]c4ccccc34)C2)cc1OC. The lowest BCUT2D eigenvalue weighted by molar-refractivity contribution is -0.128. The van der Waals surface area contributed by atoms with Crippen molar-refractivity contribution < 1.29 is 19.1 Å². The van der Waals surface area contributed by atoms with Crippen molar-refractivity contribution in [1.82, 2.24) is 15.2 Å². The number of carbonyl (C=O) groups is 2. The average molecular weight is 407 g/mol. The summed E-state index contributed by atoms with van der Waals surface area (Å²) in [5, 5.41) is 3.88. The third-order valence-electron chi connectivity index (χ3n) is 5.52. The quantitative estimate of drug-likeness (QED) is 0.631. The number of H-pyrrole nitrogens is 1. The maximum Gasteiger partial charge on any atom is 0.256 e. The van der Waals surface area contributed by atoms with E-state index in [1.54, 1.807) is 25.3 Å². The van der Waals surface area contributed by atoms with E-state index in [-0.39, 0.29) is 17.7 Å². The zero-order valence-electron chi connectivity index (χ0n) is 17.1. The molecular formula is C23H25N3O4. The number of aromatic amines is 1. The van der Waals surface area contributed by atoms with Crippen molar-refractivity contribution >= 4 is 22.7 Å². The number of ether oxygens (including phenoxy) is 2. The van der Waals surface area contributed by atoms with E-state index in [1.807, 2.05) is 42.5 Å². The summed E-state index contributed by atoms with van der Waals surface area (Å²) in [7, 11) is 3.20. The number of rotatable bonds is 7. The molecule has 2 heterocycles. The van der Waals surface area contributed by atoms with E-state index in [4.69, 9.17) is 9.47 Å². The number of hydrogen-bond donors (Lipinski definition) is 2. The molecule has 30 heavy (non-hydrogen) atoms. The van der Waals surface area contributed by atoms with E-state index in [1.165, 1.54) is 0 Å². The molecule has 0 atom stereocenters. The number of fused-ring (bicyclic) bond motifs is 1. The number of amides is 2. The van der Waals surface area contributed by atoms with Crippen LogP contribution in [-0.4, -0.2) is 55.6 Å². The van der Waals surface area contributed by atoms with Crippen LogP contribution in [0.3, 0.4) is 0 Å². The fourth-order valence-corrected chi connectivity index (χ4v) is 3.74. The molecule has 3 aromatic rings. The number of benzene rings is 2. The van der Waals surface area contributed by atoms with E-state index in [2.05, 4.69) is 10.3 Å². The van der Waals surface area contributed by atoms with Gasteiger partial charge in [-0.2, -0.15) is 0 Å². The van der Waals surface area contributed by atoms with Crippen LogP contribution in [0.4, 0.5) is 0 Å². The summed E-state index contributed by atoms with van der Waals surface area (Å²) < 4.78 is 10.5. The second kappa shape index (κ2) is 8.49. The van der Waals surface area contributed by atoms with Gasteiger partial charge >= 0.3 is 0 Å². The molecule has 1 aliphatic rings. The van der Waals surface area contributed by atoms with Crippen LogP contribution in [-0.2, 0) is 11.2 Å². The highest BCUT2D eigenvalue weighted by molar-refractivity contribution is 6.07. The van der Waals surface area contributed by atoms with Crippen molar-refractivity contribution in [2.45, 2.75) is 6.42 Å². The van der Waals surface area contributed by atoms with Crippen molar-refractivity contribution in [1.29, 1.82) is 0 Å². The van der Waals surface area contributed by atoms with Gasteiger partial charge in [0.15, 0.2) is 11.5 Å². The molecule has 2 aromatic carbocycles. The van der Waals surface area contributed by atoms with Gasteiger partial charge in [0, 0.05) is 36.7 Å². The van der Waals surface area contributed by atoms with Crippen LogP contribution in [0.2, 0.25) is 0 Å². The number of likely N-dealkylation sites (tertiary alicyclic amines) is 1. The fourth-order valence-electron chi connectivity index (χ4n) is 3.74. The Morgan fingerprint density at radius 3 is 2.63 bits per heavy atom. The molecule has 1 saturated heterocycles. The third kappa shape index (κ3) is 3.83. The highest BCUT2D eigenvalue weighted by atomic mass is 16.5. The molecule has 0 saturated carbocycles. The average Bonchev–Trinajstić information content (AvgIpc) is 3.16. The number of para-hydroxylation sites is 1. The maximum atomic E-state index is 12.7. The van der Waals surface area contributed by atoms with Crippen LogP contribution in [0.15, 0.2) is 48.7 Å². The number of nitrogens with zero attached hydrogens (tertiary/aromatic N) is 1. The van der Waals surface area contributed by atoms with E-state index >= 15 is 0 Å². The van der Waals surface area contributed by atoms with Gasteiger partial charge in [-0.1, -0.05) is 24.3 Å². The molecule has 1 aliphatic heterocycles. The number of aromatic nitrogens is 1. The summed E-state index contributed by atoms with van der Waals surface area (Å²) in [6.45, 7) is 1.42. The van der Waals surface area contributed by atoms with Crippen LogP contribution < -0.4 is 14.8 Å². The minimum absolute atomic E-state index is 0.0153. The van der Waals surface area contributed by atoms with Gasteiger partial charge in [0.25, 0.3) is 5.91 Å². The number of carbonyl (C=O) groups excluding carboxylic acids is 2. The highest BCUT2D eigenvalue weighted by Gasteiger charge is 2.36. The smallest absolute Gasteiger partial charge is 0.256 e. The summed E-state index contributed by atoms with van der Waals surface area (Å²) in [4.78, 5) is 30.0. The molecular weight excluding hydrogens is 382 g/mol. The minimum Gasteiger partial charge on any atom is -0.493 e. The standard InChI is InChI=1S/C23H25N3O4/c1-29-20-8-7-15(11-21(20)30-2)9-10-24-22(27)16-13-26(14-16)23(28)18-12-25-19-6-4-3-5-17(18)19/h3-8,11-12,16,25H,9-10,13-14H2,1-2H3,(H,24,27). The Kier molecular flexibility index (Phi) is 5.61. The molecule has 0 radical (unpaired) electrons. The summed E-state index contributed by atoms with van der Waals surface area (Å²) in [5.74, 6) is 1.14. The monoisotopic (exact) mass is 407 g/mol. The van der Waals surface area contributed by atoms with E-state index in [0.717, 1.165) is 16.5 Å². The Bertz CT molecular complexity index is 1070. The van der Waals surface area contributed by atoms with Gasteiger partial charge in [-0.05, 0) is 30.2 Å². The first kappa shape index (κ1) is 19.8. The maximum absolute atomic E-state index is 12.7. The number of nitrogens with one attached hydrogen (secondary N) is 2. The molecule has 2 N–H and O–H groups in total. The van der Waals surface area contributed by atoms with Crippen molar-refractivity contribution in [2.75, 3.05) is 33.9 Å². The summed E-state index contributed by atoms with van der Waals surface area (Å²) >= 11 is 0. The molecule has 1 aromatic heterocycles. The van der Waals surface area contributed by atoms with Gasteiger partial charge in [0.05, 0.1) is 25.7 Å². The molecule has 4 rings (SSSR count). The second-order valence-corrected chi connectivity index (χ2v) is 7.39. The summed E-state index contributed by atoms with van der Waals surface area (Å²) in [5.41, 5.74) is 2.64. The topological polar surface area (TPSA) is 83.7 Å². The molecule has 7 nitrogen and oxygen atoms in total. The Morgan fingerprint density at radius 1 is 1.10 bits per heavy atom. The summed E-state index contributed by atoms with van der Waals surface area (Å²) in [6, 6.07) is 13.4. The lowest BCUT2D eigenvalue weighted by atomic mass is 9.97. The Hall–Kier alpha value is -3.48.